The molecule has 1 heterocycles. The van der Waals surface area contributed by atoms with E-state index in [4.69, 9.17) is 0 Å². The number of hydrogen-bond donors (Lipinski definition) is 1. The molecular formula is C13H13BrFN3O. The fraction of sp³-hybridized carbons (Fsp3) is 0.231. The van der Waals surface area contributed by atoms with E-state index in [0.29, 0.717) is 17.4 Å². The van der Waals surface area contributed by atoms with E-state index in [1.54, 1.807) is 16.8 Å². The first kappa shape index (κ1) is 13.7. The molecule has 1 aromatic heterocycles. The number of halogens is 2. The smallest absolute Gasteiger partial charge is 0.255 e. The maximum absolute atomic E-state index is 13.5. The summed E-state index contributed by atoms with van der Waals surface area (Å²) < 4.78 is 15.7. The molecule has 19 heavy (non-hydrogen) atoms. The van der Waals surface area contributed by atoms with Crippen LogP contribution >= 0.6 is 15.9 Å². The highest BCUT2D eigenvalue weighted by Crippen LogP contribution is 2.19. The summed E-state index contributed by atoms with van der Waals surface area (Å²) in [5.74, 6) is -0.967. The standard InChI is InChI=1S/C13H13BrFN3O/c1-18-8-6-9(17-18)5-7-16-13(19)12-10(14)3-2-4-11(12)15/h2-4,6,8H,5,7H2,1H3,(H,16,19). The van der Waals surface area contributed by atoms with Crippen LogP contribution in [-0.2, 0) is 13.5 Å². The van der Waals surface area contributed by atoms with Crippen molar-refractivity contribution in [2.45, 2.75) is 6.42 Å². The van der Waals surface area contributed by atoms with Crippen LogP contribution in [0.1, 0.15) is 16.1 Å². The first-order chi connectivity index (χ1) is 9.08. The van der Waals surface area contributed by atoms with Gasteiger partial charge in [0.1, 0.15) is 5.82 Å². The second-order valence-corrected chi connectivity index (χ2v) is 4.94. The van der Waals surface area contributed by atoms with Crippen LogP contribution in [0.25, 0.3) is 0 Å². The molecule has 0 bridgehead atoms. The van der Waals surface area contributed by atoms with E-state index in [2.05, 4.69) is 26.3 Å². The van der Waals surface area contributed by atoms with Crippen LogP contribution in [0.2, 0.25) is 0 Å². The van der Waals surface area contributed by atoms with Gasteiger partial charge in [-0.25, -0.2) is 4.39 Å². The lowest BCUT2D eigenvalue weighted by atomic mass is 10.2. The van der Waals surface area contributed by atoms with Gasteiger partial charge in [0.15, 0.2) is 0 Å². The Morgan fingerprint density at radius 3 is 2.89 bits per heavy atom. The van der Waals surface area contributed by atoms with Crippen molar-refractivity contribution < 1.29 is 9.18 Å². The third-order valence-corrected chi connectivity index (χ3v) is 3.29. The number of amides is 1. The fourth-order valence-corrected chi connectivity index (χ4v) is 2.23. The summed E-state index contributed by atoms with van der Waals surface area (Å²) in [7, 11) is 1.83. The molecule has 0 saturated carbocycles. The highest BCUT2D eigenvalue weighted by Gasteiger charge is 2.14. The Kier molecular flexibility index (Phi) is 4.31. The van der Waals surface area contributed by atoms with Gasteiger partial charge in [0.25, 0.3) is 5.91 Å². The number of aryl methyl sites for hydroxylation is 1. The Morgan fingerprint density at radius 1 is 1.47 bits per heavy atom. The first-order valence-electron chi connectivity index (χ1n) is 5.78. The number of carbonyl (C=O) groups excluding carboxylic acids is 1. The van der Waals surface area contributed by atoms with E-state index in [9.17, 15) is 9.18 Å². The molecule has 0 atom stereocenters. The number of nitrogens with zero attached hydrogens (tertiary/aromatic N) is 2. The van der Waals surface area contributed by atoms with E-state index in [0.717, 1.165) is 5.69 Å². The molecule has 1 N–H and O–H groups in total. The van der Waals surface area contributed by atoms with Gasteiger partial charge in [0.05, 0.1) is 11.3 Å². The number of rotatable bonds is 4. The van der Waals surface area contributed by atoms with Crippen molar-refractivity contribution >= 4 is 21.8 Å². The first-order valence-corrected chi connectivity index (χ1v) is 6.58. The van der Waals surface area contributed by atoms with E-state index in [1.165, 1.54) is 6.07 Å². The highest BCUT2D eigenvalue weighted by molar-refractivity contribution is 9.10. The summed E-state index contributed by atoms with van der Waals surface area (Å²) in [6, 6.07) is 6.32. The van der Waals surface area contributed by atoms with Gasteiger partial charge >= 0.3 is 0 Å². The Labute approximate surface area is 118 Å². The summed E-state index contributed by atoms with van der Waals surface area (Å²) in [6.07, 6.45) is 2.45. The lowest BCUT2D eigenvalue weighted by Crippen LogP contribution is -2.27. The average molecular weight is 326 g/mol. The maximum Gasteiger partial charge on any atom is 0.255 e. The molecule has 2 aromatic rings. The number of hydrogen-bond acceptors (Lipinski definition) is 2. The Morgan fingerprint density at radius 2 is 2.26 bits per heavy atom. The van der Waals surface area contributed by atoms with E-state index in [-0.39, 0.29) is 5.56 Å². The lowest BCUT2D eigenvalue weighted by molar-refractivity contribution is 0.0949. The summed E-state index contributed by atoms with van der Waals surface area (Å²) in [6.45, 7) is 0.413. The molecule has 1 aromatic carbocycles. The van der Waals surface area contributed by atoms with Crippen LogP contribution in [-0.4, -0.2) is 22.2 Å². The fourth-order valence-electron chi connectivity index (χ4n) is 1.70. The SMILES string of the molecule is Cn1ccc(CCNC(=O)c2c(F)cccc2Br)n1. The Hall–Kier alpha value is -1.69. The summed E-state index contributed by atoms with van der Waals surface area (Å²) >= 11 is 3.17. The third kappa shape index (κ3) is 3.41. The van der Waals surface area contributed by atoms with Crippen molar-refractivity contribution in [2.75, 3.05) is 6.54 Å². The van der Waals surface area contributed by atoms with Crippen LogP contribution < -0.4 is 5.32 Å². The topological polar surface area (TPSA) is 46.9 Å². The third-order valence-electron chi connectivity index (χ3n) is 2.63. The van der Waals surface area contributed by atoms with Gasteiger partial charge in [-0.2, -0.15) is 5.10 Å². The van der Waals surface area contributed by atoms with Gasteiger partial charge in [-0.05, 0) is 34.1 Å². The average Bonchev–Trinajstić information content (AvgIpc) is 2.75. The molecular weight excluding hydrogens is 313 g/mol. The van der Waals surface area contributed by atoms with Crippen LogP contribution in [0.3, 0.4) is 0 Å². The number of carbonyl (C=O) groups is 1. The van der Waals surface area contributed by atoms with E-state index < -0.39 is 11.7 Å². The van der Waals surface area contributed by atoms with Crippen molar-refractivity contribution in [3.8, 4) is 0 Å². The Bertz CT molecular complexity index is 577. The van der Waals surface area contributed by atoms with Crippen LogP contribution in [0.4, 0.5) is 4.39 Å². The van der Waals surface area contributed by atoms with Crippen molar-refractivity contribution in [2.24, 2.45) is 7.05 Å². The van der Waals surface area contributed by atoms with Crippen LogP contribution in [0.15, 0.2) is 34.9 Å². The summed E-state index contributed by atoms with van der Waals surface area (Å²) in [4.78, 5) is 11.9. The summed E-state index contributed by atoms with van der Waals surface area (Å²) in [5.41, 5.74) is 0.916. The molecule has 0 aliphatic carbocycles. The summed E-state index contributed by atoms with van der Waals surface area (Å²) in [5, 5.41) is 6.88. The highest BCUT2D eigenvalue weighted by atomic mass is 79.9. The molecule has 0 radical (unpaired) electrons. The molecule has 0 fully saturated rings. The number of aromatic nitrogens is 2. The van der Waals surface area contributed by atoms with Crippen molar-refractivity contribution in [1.82, 2.24) is 15.1 Å². The van der Waals surface area contributed by atoms with Crippen LogP contribution in [0.5, 0.6) is 0 Å². The largest absolute Gasteiger partial charge is 0.352 e. The lowest BCUT2D eigenvalue weighted by Gasteiger charge is -2.07. The molecule has 100 valence electrons. The molecule has 0 unspecified atom stereocenters. The van der Waals surface area contributed by atoms with Gasteiger partial charge in [-0.15, -0.1) is 0 Å². The molecule has 0 aliphatic heterocycles. The Balaban J connectivity index is 1.94. The number of benzene rings is 1. The van der Waals surface area contributed by atoms with E-state index in [1.807, 2.05) is 19.3 Å². The van der Waals surface area contributed by atoms with Gasteiger partial charge in [0.2, 0.25) is 0 Å². The van der Waals surface area contributed by atoms with Crippen molar-refractivity contribution in [3.05, 3.63) is 52.0 Å². The van der Waals surface area contributed by atoms with Gasteiger partial charge in [-0.3, -0.25) is 9.48 Å². The molecule has 0 spiro atoms. The minimum atomic E-state index is -0.537. The second-order valence-electron chi connectivity index (χ2n) is 4.08. The molecule has 2 rings (SSSR count). The monoisotopic (exact) mass is 325 g/mol. The van der Waals surface area contributed by atoms with Crippen molar-refractivity contribution in [3.63, 3.8) is 0 Å². The zero-order valence-corrected chi connectivity index (χ0v) is 11.9. The zero-order valence-electron chi connectivity index (χ0n) is 10.4. The second kappa shape index (κ2) is 5.97. The minimum absolute atomic E-state index is 0.0310. The van der Waals surface area contributed by atoms with Crippen molar-refractivity contribution in [1.29, 1.82) is 0 Å². The molecule has 0 saturated heterocycles. The normalized spacial score (nSPS) is 10.5. The van der Waals surface area contributed by atoms with Gasteiger partial charge in [-0.1, -0.05) is 6.07 Å². The zero-order chi connectivity index (χ0) is 13.8. The minimum Gasteiger partial charge on any atom is -0.352 e. The predicted molar refractivity (Wildman–Crippen MR) is 73.3 cm³/mol. The van der Waals surface area contributed by atoms with E-state index >= 15 is 0 Å². The van der Waals surface area contributed by atoms with Gasteiger partial charge < -0.3 is 5.32 Å². The maximum atomic E-state index is 13.5. The molecule has 0 aliphatic rings. The van der Waals surface area contributed by atoms with Gasteiger partial charge in [0, 0.05) is 30.7 Å². The van der Waals surface area contributed by atoms with Crippen LogP contribution in [0, 0.1) is 5.82 Å². The molecule has 6 heteroatoms. The number of nitrogens with one attached hydrogen (secondary N) is 1. The predicted octanol–water partition coefficient (Wildman–Crippen LogP) is 2.29. The quantitative estimate of drug-likeness (QED) is 0.937. The molecule has 4 nitrogen and oxygen atoms in total. The molecule has 1 amide bonds.